The van der Waals surface area contributed by atoms with Gasteiger partial charge in [-0.3, -0.25) is 0 Å². The Morgan fingerprint density at radius 3 is 1.88 bits per heavy atom. The van der Waals surface area contributed by atoms with E-state index in [1.54, 1.807) is 0 Å². The van der Waals surface area contributed by atoms with Crippen LogP contribution in [0.3, 0.4) is 0 Å². The van der Waals surface area contributed by atoms with Crippen molar-refractivity contribution in [2.45, 2.75) is 17.3 Å². The molecule has 0 radical (unpaired) electrons. The Hall–Kier alpha value is -4.86. The Morgan fingerprint density at radius 1 is 0.525 bits per heavy atom. The molecule has 5 aromatic carbocycles. The van der Waals surface area contributed by atoms with Crippen LogP contribution in [0.5, 0.6) is 5.75 Å². The second kappa shape index (κ2) is 7.84. The van der Waals surface area contributed by atoms with Crippen molar-refractivity contribution in [2.24, 2.45) is 0 Å². The lowest BCUT2D eigenvalue weighted by molar-refractivity contribution is -0.148. The molecule has 0 spiro atoms. The van der Waals surface area contributed by atoms with Gasteiger partial charge in [0.05, 0.1) is 11.1 Å². The van der Waals surface area contributed by atoms with Gasteiger partial charge in [0.25, 0.3) is 0 Å². The first-order valence-electron chi connectivity index (χ1n) is 13.7. The molecule has 6 aromatic rings. The first-order chi connectivity index (χ1) is 19.8. The predicted octanol–water partition coefficient (Wildman–Crippen LogP) is 8.63. The molecule has 9 rings (SSSR count). The summed E-state index contributed by atoms with van der Waals surface area (Å²) >= 11 is 0. The molecule has 0 saturated carbocycles. The smallest absolute Gasteiger partial charge is 0.165 e. The molecule has 40 heavy (non-hydrogen) atoms. The monoisotopic (exact) mass is 516 g/mol. The van der Waals surface area contributed by atoms with E-state index in [4.69, 9.17) is 13.9 Å². The lowest BCUT2D eigenvalue weighted by Crippen LogP contribution is -2.47. The molecular weight excluding hydrogens is 492 g/mol. The molecule has 3 nitrogen and oxygen atoms in total. The fourth-order valence-corrected chi connectivity index (χ4v) is 7.19. The van der Waals surface area contributed by atoms with E-state index in [1.165, 1.54) is 0 Å². The second-order valence-electron chi connectivity index (χ2n) is 10.7. The van der Waals surface area contributed by atoms with E-state index in [1.807, 2.05) is 30.3 Å². The number of hydrogen-bond acceptors (Lipinski definition) is 3. The van der Waals surface area contributed by atoms with Crippen molar-refractivity contribution >= 4 is 0 Å². The molecule has 1 aromatic heterocycles. The number of ether oxygens (including phenoxy) is 2. The number of benzene rings is 5. The fourth-order valence-electron chi connectivity index (χ4n) is 7.19. The van der Waals surface area contributed by atoms with Gasteiger partial charge in [-0.05, 0) is 34.4 Å². The van der Waals surface area contributed by atoms with Crippen molar-refractivity contribution in [1.29, 1.82) is 0 Å². The Balaban J connectivity index is 1.51. The summed E-state index contributed by atoms with van der Waals surface area (Å²) in [6.07, 6.45) is -0.448. The first kappa shape index (κ1) is 22.0. The van der Waals surface area contributed by atoms with Crippen molar-refractivity contribution in [2.75, 3.05) is 0 Å². The molecule has 3 aliphatic rings. The van der Waals surface area contributed by atoms with Gasteiger partial charge in [0.1, 0.15) is 22.9 Å². The van der Waals surface area contributed by atoms with Gasteiger partial charge >= 0.3 is 0 Å². The molecule has 3 heteroatoms. The summed E-state index contributed by atoms with van der Waals surface area (Å²) < 4.78 is 21.7. The average molecular weight is 517 g/mol. The molecule has 0 unspecified atom stereocenters. The van der Waals surface area contributed by atoms with E-state index in [0.29, 0.717) is 0 Å². The molecule has 3 heterocycles. The van der Waals surface area contributed by atoms with Gasteiger partial charge in [-0.1, -0.05) is 127 Å². The third-order valence-corrected chi connectivity index (χ3v) is 8.74. The largest absolute Gasteiger partial charge is 0.481 e. The Kier molecular flexibility index (Phi) is 4.32. The predicted molar refractivity (Wildman–Crippen MR) is 154 cm³/mol. The minimum absolute atomic E-state index is 0.448. The summed E-state index contributed by atoms with van der Waals surface area (Å²) in [5.74, 6) is 2.48. The van der Waals surface area contributed by atoms with Crippen LogP contribution in [-0.2, 0) is 15.9 Å². The van der Waals surface area contributed by atoms with Crippen LogP contribution in [0.1, 0.15) is 39.5 Å². The highest BCUT2D eigenvalue weighted by Gasteiger charge is 2.68. The molecule has 2 aliphatic heterocycles. The van der Waals surface area contributed by atoms with Crippen molar-refractivity contribution in [3.05, 3.63) is 173 Å². The van der Waals surface area contributed by atoms with Gasteiger partial charge in [0.15, 0.2) is 11.7 Å². The standard InChI is InChI=1S/C37H24O3/c1-4-14-24(15-5-1)33-32-31-34(39-33)27-20-10-13-23-30(27)38-35(31)37(26-18-8-3-9-19-26)29-22-12-11-21-28(29)36(32,40-37)25-16-6-2-7-17-25/h1-23,35H/t35-,36+,37-/m1/s1. The highest BCUT2D eigenvalue weighted by Crippen LogP contribution is 2.70. The maximum atomic E-state index is 7.68. The van der Waals surface area contributed by atoms with Crippen LogP contribution in [-0.4, -0.2) is 0 Å². The van der Waals surface area contributed by atoms with Crippen LogP contribution in [0.4, 0.5) is 0 Å². The van der Waals surface area contributed by atoms with E-state index < -0.39 is 17.3 Å². The Morgan fingerprint density at radius 2 is 1.12 bits per heavy atom. The van der Waals surface area contributed by atoms with Gasteiger partial charge in [0.2, 0.25) is 0 Å². The lowest BCUT2D eigenvalue weighted by atomic mass is 9.74. The van der Waals surface area contributed by atoms with E-state index in [-0.39, 0.29) is 0 Å². The van der Waals surface area contributed by atoms with Gasteiger partial charge in [-0.25, -0.2) is 0 Å². The number of furan rings is 1. The summed E-state index contributed by atoms with van der Waals surface area (Å²) in [7, 11) is 0. The molecule has 0 saturated heterocycles. The third kappa shape index (κ3) is 2.58. The molecular formula is C37H24O3. The minimum Gasteiger partial charge on any atom is -0.481 e. The Bertz CT molecular complexity index is 1910. The van der Waals surface area contributed by atoms with Crippen LogP contribution in [0.2, 0.25) is 0 Å². The zero-order valence-electron chi connectivity index (χ0n) is 21.6. The first-order valence-corrected chi connectivity index (χ1v) is 13.7. The third-order valence-electron chi connectivity index (χ3n) is 8.74. The summed E-state index contributed by atoms with van der Waals surface area (Å²) in [4.78, 5) is 0. The number of rotatable bonds is 3. The minimum atomic E-state index is -0.901. The molecule has 3 atom stereocenters. The number of fused-ring (bicyclic) bond motifs is 4. The highest BCUT2D eigenvalue weighted by molar-refractivity contribution is 5.83. The van der Waals surface area contributed by atoms with Crippen molar-refractivity contribution in [1.82, 2.24) is 0 Å². The van der Waals surface area contributed by atoms with Crippen molar-refractivity contribution in [3.63, 3.8) is 0 Å². The van der Waals surface area contributed by atoms with Crippen molar-refractivity contribution < 1.29 is 13.9 Å². The lowest BCUT2D eigenvalue weighted by Gasteiger charge is -2.47. The molecule has 0 N–H and O–H groups in total. The van der Waals surface area contributed by atoms with E-state index >= 15 is 0 Å². The van der Waals surface area contributed by atoms with Gasteiger partial charge in [-0.15, -0.1) is 0 Å². The van der Waals surface area contributed by atoms with E-state index in [9.17, 15) is 0 Å². The summed E-state index contributed by atoms with van der Waals surface area (Å²) in [6.45, 7) is 0. The van der Waals surface area contributed by atoms with Crippen LogP contribution in [0, 0.1) is 0 Å². The molecule has 2 bridgehead atoms. The van der Waals surface area contributed by atoms with Crippen LogP contribution in [0.15, 0.2) is 144 Å². The highest BCUT2D eigenvalue weighted by atomic mass is 16.6. The molecule has 190 valence electrons. The van der Waals surface area contributed by atoms with Crippen LogP contribution < -0.4 is 4.74 Å². The molecule has 0 amide bonds. The summed E-state index contributed by atoms with van der Waals surface area (Å²) in [5, 5.41) is 0. The maximum Gasteiger partial charge on any atom is 0.165 e. The SMILES string of the molecule is c1ccc(-c2oc3c4c2[C@@]2(c5ccccc5)O[C@](c5ccccc5)(c5ccccc52)[C@@H]4Oc2ccccc2-3)cc1. The van der Waals surface area contributed by atoms with Crippen LogP contribution >= 0.6 is 0 Å². The van der Waals surface area contributed by atoms with E-state index in [0.717, 1.165) is 61.8 Å². The molecule has 1 aliphatic carbocycles. The maximum absolute atomic E-state index is 7.68. The summed E-state index contributed by atoms with van der Waals surface area (Å²) in [5.41, 5.74) is 6.64. The zero-order chi connectivity index (χ0) is 26.3. The quantitative estimate of drug-likeness (QED) is 0.236. The number of para-hydroxylation sites is 1. The van der Waals surface area contributed by atoms with E-state index in [2.05, 4.69) is 109 Å². The second-order valence-corrected chi connectivity index (χ2v) is 10.7. The fraction of sp³-hybridized carbons (Fsp3) is 0.0811. The van der Waals surface area contributed by atoms with Gasteiger partial charge < -0.3 is 13.9 Å². The Labute approximate surface area is 232 Å². The van der Waals surface area contributed by atoms with Gasteiger partial charge in [0, 0.05) is 11.1 Å². The summed E-state index contributed by atoms with van der Waals surface area (Å²) in [6, 6.07) is 48.3. The number of hydrogen-bond donors (Lipinski definition) is 0. The molecule has 0 fully saturated rings. The topological polar surface area (TPSA) is 31.6 Å². The van der Waals surface area contributed by atoms with Crippen molar-refractivity contribution in [3.8, 4) is 28.4 Å². The normalized spacial score (nSPS) is 23.1. The van der Waals surface area contributed by atoms with Gasteiger partial charge in [-0.2, -0.15) is 0 Å². The van der Waals surface area contributed by atoms with Crippen LogP contribution in [0.25, 0.3) is 22.6 Å². The zero-order valence-corrected chi connectivity index (χ0v) is 21.6. The average Bonchev–Trinajstić information content (AvgIpc) is 3.57.